The van der Waals surface area contributed by atoms with E-state index in [1.807, 2.05) is 24.3 Å². The van der Waals surface area contributed by atoms with E-state index in [-0.39, 0.29) is 5.92 Å². The molecule has 1 amide bonds. The molecule has 1 N–H and O–H groups in total. The third-order valence-electron chi connectivity index (χ3n) is 5.75. The van der Waals surface area contributed by atoms with Gasteiger partial charge in [-0.05, 0) is 54.3 Å². The van der Waals surface area contributed by atoms with E-state index in [0.717, 1.165) is 17.0 Å². The topological polar surface area (TPSA) is 101 Å². The van der Waals surface area contributed by atoms with Gasteiger partial charge >= 0.3 is 0 Å². The first-order valence-corrected chi connectivity index (χ1v) is 11.3. The zero-order valence-electron chi connectivity index (χ0n) is 18.0. The Labute approximate surface area is 198 Å². The Balaban J connectivity index is 1.33. The van der Waals surface area contributed by atoms with Crippen LogP contribution in [0.5, 0.6) is 5.75 Å². The molecule has 2 atom stereocenters. The maximum atomic E-state index is 13.9. The Kier molecular flexibility index (Phi) is 5.74. The van der Waals surface area contributed by atoms with E-state index < -0.39 is 11.7 Å². The van der Waals surface area contributed by atoms with Gasteiger partial charge in [0.1, 0.15) is 16.6 Å². The molecule has 1 fully saturated rings. The number of nitriles is 1. The minimum Gasteiger partial charge on any atom is -0.496 e. The van der Waals surface area contributed by atoms with Crippen molar-refractivity contribution in [2.45, 2.75) is 18.3 Å². The standard InChI is InChI=1S/C25H18FN5O2S/c1-33-22-7-6-16(26)10-19(22)21-13-28-9-8-17(21)23(32)29-25-31-30-24(34-25)20-11-18(20)15-4-2-14(12-27)3-5-15/h2-10,13,18,20H,11H2,1H3,(H,29,31,32)/t18-,20?/m0/s1. The molecule has 9 heteroatoms. The number of hydrogen-bond acceptors (Lipinski definition) is 7. The lowest BCUT2D eigenvalue weighted by Crippen LogP contribution is -2.13. The molecule has 2 aromatic heterocycles. The number of halogens is 1. The highest BCUT2D eigenvalue weighted by molar-refractivity contribution is 7.15. The number of nitrogens with zero attached hydrogens (tertiary/aromatic N) is 4. The highest BCUT2D eigenvalue weighted by Crippen LogP contribution is 2.55. The third kappa shape index (κ3) is 4.23. The van der Waals surface area contributed by atoms with Crippen LogP contribution >= 0.6 is 11.3 Å². The average Bonchev–Trinajstić information content (AvgIpc) is 3.54. The number of anilines is 1. The van der Waals surface area contributed by atoms with Crippen molar-refractivity contribution in [3.63, 3.8) is 0 Å². The molecule has 1 aliphatic rings. The second-order valence-corrected chi connectivity index (χ2v) is 8.86. The Morgan fingerprint density at radius 1 is 1.15 bits per heavy atom. The number of rotatable bonds is 6. The molecule has 7 nitrogen and oxygen atoms in total. The summed E-state index contributed by atoms with van der Waals surface area (Å²) in [6.45, 7) is 0. The van der Waals surface area contributed by atoms with E-state index in [0.29, 0.717) is 39.1 Å². The SMILES string of the molecule is COc1ccc(F)cc1-c1cnccc1C(=O)Nc1nnc(C2C[C@H]2c2ccc(C#N)cc2)s1. The predicted octanol–water partition coefficient (Wildman–Crippen LogP) is 5.14. The lowest BCUT2D eigenvalue weighted by molar-refractivity contribution is 0.102. The van der Waals surface area contributed by atoms with Crippen LogP contribution in [0.4, 0.5) is 9.52 Å². The van der Waals surface area contributed by atoms with Crippen LogP contribution in [0.2, 0.25) is 0 Å². The van der Waals surface area contributed by atoms with Crippen LogP contribution in [0, 0.1) is 17.1 Å². The summed E-state index contributed by atoms with van der Waals surface area (Å²) in [5.41, 5.74) is 2.99. The Hall–Kier alpha value is -4.16. The summed E-state index contributed by atoms with van der Waals surface area (Å²) in [7, 11) is 1.48. The van der Waals surface area contributed by atoms with E-state index in [4.69, 9.17) is 10.00 Å². The van der Waals surface area contributed by atoms with E-state index in [9.17, 15) is 9.18 Å². The number of methoxy groups -OCH3 is 1. The van der Waals surface area contributed by atoms with Crippen LogP contribution in [0.25, 0.3) is 11.1 Å². The molecule has 4 aromatic rings. The molecular formula is C25H18FN5O2S. The van der Waals surface area contributed by atoms with Gasteiger partial charge in [-0.15, -0.1) is 10.2 Å². The van der Waals surface area contributed by atoms with Gasteiger partial charge in [-0.25, -0.2) is 4.39 Å². The Bertz CT molecular complexity index is 1410. The van der Waals surface area contributed by atoms with Gasteiger partial charge in [0, 0.05) is 29.4 Å². The van der Waals surface area contributed by atoms with Crippen molar-refractivity contribution in [3.05, 3.63) is 88.4 Å². The quantitative estimate of drug-likeness (QED) is 0.418. The lowest BCUT2D eigenvalue weighted by Gasteiger charge is -2.12. The largest absolute Gasteiger partial charge is 0.496 e. The van der Waals surface area contributed by atoms with E-state index in [1.54, 1.807) is 6.07 Å². The van der Waals surface area contributed by atoms with Gasteiger partial charge in [-0.2, -0.15) is 5.26 Å². The van der Waals surface area contributed by atoms with Gasteiger partial charge in [-0.3, -0.25) is 15.1 Å². The van der Waals surface area contributed by atoms with Gasteiger partial charge in [0.15, 0.2) is 0 Å². The minimum atomic E-state index is -0.443. The van der Waals surface area contributed by atoms with Crippen LogP contribution in [0.3, 0.4) is 0 Å². The highest BCUT2D eigenvalue weighted by Gasteiger charge is 2.42. The molecule has 0 saturated heterocycles. The summed E-state index contributed by atoms with van der Waals surface area (Å²) in [5.74, 6) is 0.164. The Morgan fingerprint density at radius 3 is 2.74 bits per heavy atom. The zero-order chi connectivity index (χ0) is 23.7. The maximum Gasteiger partial charge on any atom is 0.258 e. The molecule has 34 heavy (non-hydrogen) atoms. The molecular weight excluding hydrogens is 453 g/mol. The molecule has 0 bridgehead atoms. The first-order chi connectivity index (χ1) is 16.6. The lowest BCUT2D eigenvalue weighted by atomic mass is 10.0. The molecule has 0 spiro atoms. The first-order valence-electron chi connectivity index (χ1n) is 10.5. The normalized spacial score (nSPS) is 16.5. The number of hydrogen-bond donors (Lipinski definition) is 1. The first kappa shape index (κ1) is 21.7. The summed E-state index contributed by atoms with van der Waals surface area (Å²) in [5, 5.41) is 21.4. The van der Waals surface area contributed by atoms with Crippen LogP contribution in [-0.2, 0) is 0 Å². The van der Waals surface area contributed by atoms with Crippen molar-refractivity contribution >= 4 is 22.4 Å². The zero-order valence-corrected chi connectivity index (χ0v) is 18.8. The molecule has 1 saturated carbocycles. The minimum absolute atomic E-state index is 0.240. The van der Waals surface area contributed by atoms with Gasteiger partial charge in [0.2, 0.25) is 5.13 Å². The average molecular weight is 472 g/mol. The molecule has 1 unspecified atom stereocenters. The van der Waals surface area contributed by atoms with Crippen molar-refractivity contribution in [1.29, 1.82) is 5.26 Å². The number of benzene rings is 2. The summed E-state index contributed by atoms with van der Waals surface area (Å²) >= 11 is 1.34. The van der Waals surface area contributed by atoms with Crippen LogP contribution in [0.1, 0.15) is 44.7 Å². The molecule has 0 aliphatic heterocycles. The predicted molar refractivity (Wildman–Crippen MR) is 125 cm³/mol. The van der Waals surface area contributed by atoms with Gasteiger partial charge in [0.25, 0.3) is 5.91 Å². The number of ether oxygens (including phenoxy) is 1. The van der Waals surface area contributed by atoms with Crippen molar-refractivity contribution in [2.75, 3.05) is 12.4 Å². The van der Waals surface area contributed by atoms with Crippen molar-refractivity contribution in [2.24, 2.45) is 0 Å². The van der Waals surface area contributed by atoms with Crippen molar-refractivity contribution in [1.82, 2.24) is 15.2 Å². The second-order valence-electron chi connectivity index (χ2n) is 7.85. The molecule has 1 aliphatic carbocycles. The number of nitrogens with one attached hydrogen (secondary N) is 1. The van der Waals surface area contributed by atoms with Crippen LogP contribution < -0.4 is 10.1 Å². The van der Waals surface area contributed by atoms with Crippen LogP contribution in [0.15, 0.2) is 60.9 Å². The summed E-state index contributed by atoms with van der Waals surface area (Å²) in [6, 6.07) is 15.4. The van der Waals surface area contributed by atoms with E-state index >= 15 is 0 Å². The smallest absolute Gasteiger partial charge is 0.258 e. The van der Waals surface area contributed by atoms with Gasteiger partial charge in [-0.1, -0.05) is 23.5 Å². The number of amides is 1. The summed E-state index contributed by atoms with van der Waals surface area (Å²) in [4.78, 5) is 17.2. The van der Waals surface area contributed by atoms with Crippen molar-refractivity contribution in [3.8, 4) is 22.9 Å². The van der Waals surface area contributed by atoms with Crippen LogP contribution in [-0.4, -0.2) is 28.2 Å². The summed E-state index contributed by atoms with van der Waals surface area (Å²) in [6.07, 6.45) is 3.95. The van der Waals surface area contributed by atoms with Gasteiger partial charge < -0.3 is 4.74 Å². The van der Waals surface area contributed by atoms with E-state index in [1.165, 1.54) is 49.0 Å². The summed E-state index contributed by atoms with van der Waals surface area (Å²) < 4.78 is 19.3. The molecule has 5 rings (SSSR count). The second kappa shape index (κ2) is 9.00. The Morgan fingerprint density at radius 2 is 1.97 bits per heavy atom. The molecule has 168 valence electrons. The third-order valence-corrected chi connectivity index (χ3v) is 6.72. The van der Waals surface area contributed by atoms with Gasteiger partial charge in [0.05, 0.1) is 24.3 Å². The fourth-order valence-electron chi connectivity index (χ4n) is 3.94. The maximum absolute atomic E-state index is 13.9. The molecule has 2 aromatic carbocycles. The fraction of sp³-hybridized carbons (Fsp3) is 0.160. The highest BCUT2D eigenvalue weighted by atomic mass is 32.1. The number of carbonyl (C=O) groups is 1. The molecule has 0 radical (unpaired) electrons. The number of aromatic nitrogens is 3. The molecule has 2 heterocycles. The fourth-order valence-corrected chi connectivity index (χ4v) is 4.86. The van der Waals surface area contributed by atoms with E-state index in [2.05, 4.69) is 26.6 Å². The van der Waals surface area contributed by atoms with Crippen molar-refractivity contribution < 1.29 is 13.9 Å². The monoisotopic (exact) mass is 471 g/mol. The number of carbonyl (C=O) groups excluding carboxylic acids is 1. The number of pyridine rings is 1.